The highest BCUT2D eigenvalue weighted by Crippen LogP contribution is 2.70. The maximum atomic E-state index is 11.5. The molecule has 0 radical (unpaired) electrons. The van der Waals surface area contributed by atoms with Crippen molar-refractivity contribution in [2.24, 2.45) is 40.4 Å². The second-order valence-electron chi connectivity index (χ2n) is 12.6. The van der Waals surface area contributed by atoms with Crippen LogP contribution in [0.2, 0.25) is 0 Å². The third-order valence-corrected chi connectivity index (χ3v) is 10.6. The molecule has 8 unspecified atom stereocenters. The number of carbonyl (C=O) groups excluding carboxylic acids is 1. The number of ketones is 1. The second-order valence-corrected chi connectivity index (χ2v) is 12.6. The van der Waals surface area contributed by atoms with Gasteiger partial charge in [-0.05, 0) is 105 Å². The van der Waals surface area contributed by atoms with Gasteiger partial charge in [-0.15, -0.1) is 0 Å². The van der Waals surface area contributed by atoms with Crippen molar-refractivity contribution >= 4 is 5.78 Å². The van der Waals surface area contributed by atoms with Gasteiger partial charge in [-0.3, -0.25) is 0 Å². The Hall–Kier alpha value is -0.890. The van der Waals surface area contributed by atoms with Crippen molar-refractivity contribution in [2.75, 3.05) is 0 Å². The zero-order chi connectivity index (χ0) is 24.6. The summed E-state index contributed by atoms with van der Waals surface area (Å²) in [6, 6.07) is 1.25. The molecular weight excluding hydrogens is 402 g/mol. The first-order valence-corrected chi connectivity index (χ1v) is 14.2. The number of rotatable bonds is 6. The topological polar surface area (TPSA) is 29.1 Å². The van der Waals surface area contributed by atoms with Crippen molar-refractivity contribution in [3.63, 3.8) is 0 Å². The molecule has 0 spiro atoms. The summed E-state index contributed by atoms with van der Waals surface area (Å²) in [5, 5.41) is 3.83. The standard InChI is InChI=1S/C29H47NO.C2H6/c1-18(2)30-24-13-14-28(6)23(17-24)15-19(3)27-25-12-11-22(10-8-9-21(5)31)29(25,7)20(4)16-26(27)28;1-2/h18,22-27,30H,3-4,8-17H2,1-2,5-7H3;1-2H3. The smallest absolute Gasteiger partial charge is 0.129 e. The van der Waals surface area contributed by atoms with Crippen molar-refractivity contribution in [1.29, 1.82) is 0 Å². The zero-order valence-electron chi connectivity index (χ0n) is 22.9. The van der Waals surface area contributed by atoms with Gasteiger partial charge in [-0.2, -0.15) is 0 Å². The fourth-order valence-electron chi connectivity index (χ4n) is 8.83. The van der Waals surface area contributed by atoms with E-state index in [0.717, 1.165) is 30.6 Å². The molecule has 2 nitrogen and oxygen atoms in total. The Labute approximate surface area is 205 Å². The minimum atomic E-state index is 0.250. The van der Waals surface area contributed by atoms with Gasteiger partial charge in [-0.1, -0.05) is 65.8 Å². The molecule has 4 aliphatic carbocycles. The molecule has 1 N–H and O–H groups in total. The van der Waals surface area contributed by atoms with Crippen LogP contribution in [-0.4, -0.2) is 17.9 Å². The second kappa shape index (κ2) is 10.4. The minimum Gasteiger partial charge on any atom is -0.312 e. The lowest BCUT2D eigenvalue weighted by atomic mass is 9.43. The Morgan fingerprint density at radius 2 is 1.79 bits per heavy atom. The number of allylic oxidation sites excluding steroid dienone is 2. The van der Waals surface area contributed by atoms with Gasteiger partial charge in [0.05, 0.1) is 0 Å². The van der Waals surface area contributed by atoms with Crippen LogP contribution in [0.15, 0.2) is 24.3 Å². The third-order valence-electron chi connectivity index (χ3n) is 10.6. The van der Waals surface area contributed by atoms with Gasteiger partial charge in [0.1, 0.15) is 5.78 Å². The molecule has 0 amide bonds. The summed E-state index contributed by atoms with van der Waals surface area (Å²) in [4.78, 5) is 11.5. The van der Waals surface area contributed by atoms with E-state index in [-0.39, 0.29) is 5.41 Å². The summed E-state index contributed by atoms with van der Waals surface area (Å²) in [5.41, 5.74) is 3.78. The largest absolute Gasteiger partial charge is 0.312 e. The lowest BCUT2D eigenvalue weighted by Gasteiger charge is -2.62. The summed E-state index contributed by atoms with van der Waals surface area (Å²) >= 11 is 0. The highest BCUT2D eigenvalue weighted by molar-refractivity contribution is 5.75. The number of Topliss-reactive ketones (excluding diaryl/α,β-unsaturated/α-hetero) is 1. The average molecular weight is 456 g/mol. The minimum absolute atomic E-state index is 0.250. The monoisotopic (exact) mass is 455 g/mol. The van der Waals surface area contributed by atoms with Crippen LogP contribution in [0, 0.1) is 40.4 Å². The molecule has 4 aliphatic rings. The molecule has 4 rings (SSSR count). The van der Waals surface area contributed by atoms with Crippen LogP contribution in [-0.2, 0) is 4.79 Å². The molecule has 0 aliphatic heterocycles. The van der Waals surface area contributed by atoms with Gasteiger partial charge in [-0.25, -0.2) is 0 Å². The van der Waals surface area contributed by atoms with E-state index in [2.05, 4.69) is 33.0 Å². The molecule has 4 fully saturated rings. The number of carbonyl (C=O) groups is 1. The molecule has 0 heterocycles. The van der Waals surface area contributed by atoms with Crippen LogP contribution in [0.4, 0.5) is 0 Å². The van der Waals surface area contributed by atoms with Crippen LogP contribution in [0.1, 0.15) is 113 Å². The summed E-state index contributed by atoms with van der Waals surface area (Å²) in [6.45, 7) is 24.9. The molecule has 188 valence electrons. The summed E-state index contributed by atoms with van der Waals surface area (Å²) < 4.78 is 0. The summed E-state index contributed by atoms with van der Waals surface area (Å²) in [6.07, 6.45) is 12.1. The molecule has 0 aromatic rings. The van der Waals surface area contributed by atoms with E-state index in [0.29, 0.717) is 35.1 Å². The van der Waals surface area contributed by atoms with E-state index in [9.17, 15) is 4.79 Å². The first kappa shape index (κ1) is 26.7. The van der Waals surface area contributed by atoms with Crippen molar-refractivity contribution in [2.45, 2.75) is 125 Å². The van der Waals surface area contributed by atoms with Crippen molar-refractivity contribution in [3.05, 3.63) is 24.3 Å². The number of fused-ring (bicyclic) bond motifs is 5. The van der Waals surface area contributed by atoms with Crippen LogP contribution < -0.4 is 5.32 Å². The molecular formula is C31H53NO. The Bertz CT molecular complexity index is 737. The summed E-state index contributed by atoms with van der Waals surface area (Å²) in [7, 11) is 0. The quantitative estimate of drug-likeness (QED) is 0.410. The van der Waals surface area contributed by atoms with E-state index in [1.54, 1.807) is 12.5 Å². The Balaban J connectivity index is 0.00000149. The number of nitrogens with one attached hydrogen (secondary N) is 1. The Kier molecular flexibility index (Phi) is 8.41. The summed E-state index contributed by atoms with van der Waals surface area (Å²) in [5.74, 6) is 3.96. The lowest BCUT2D eigenvalue weighted by molar-refractivity contribution is -0.117. The van der Waals surface area contributed by atoms with Crippen LogP contribution in [0.3, 0.4) is 0 Å². The average Bonchev–Trinajstić information content (AvgIpc) is 3.08. The maximum Gasteiger partial charge on any atom is 0.129 e. The number of hydrogen-bond acceptors (Lipinski definition) is 2. The van der Waals surface area contributed by atoms with Gasteiger partial charge >= 0.3 is 0 Å². The Morgan fingerprint density at radius 1 is 1.09 bits per heavy atom. The number of hydrogen-bond donors (Lipinski definition) is 1. The van der Waals surface area contributed by atoms with Crippen LogP contribution in [0.25, 0.3) is 0 Å². The van der Waals surface area contributed by atoms with Crippen molar-refractivity contribution in [1.82, 2.24) is 5.32 Å². The van der Waals surface area contributed by atoms with Gasteiger partial charge < -0.3 is 10.1 Å². The van der Waals surface area contributed by atoms with Crippen molar-refractivity contribution in [3.8, 4) is 0 Å². The molecule has 0 aromatic carbocycles. The molecule has 0 saturated heterocycles. The van der Waals surface area contributed by atoms with Gasteiger partial charge in [0, 0.05) is 18.5 Å². The first-order chi connectivity index (χ1) is 15.6. The molecule has 4 saturated carbocycles. The van der Waals surface area contributed by atoms with Gasteiger partial charge in [0.25, 0.3) is 0 Å². The van der Waals surface area contributed by atoms with Gasteiger partial charge in [0.15, 0.2) is 0 Å². The predicted octanol–water partition coefficient (Wildman–Crippen LogP) is 8.13. The third kappa shape index (κ3) is 4.80. The SMILES string of the molecule is C=C1CC2CC(NC(C)C)CCC2(C)C2CC(=C)C3(C)C(CCCC(C)=O)CCC3C12.CC. The van der Waals surface area contributed by atoms with E-state index in [1.807, 2.05) is 13.8 Å². The van der Waals surface area contributed by atoms with Crippen molar-refractivity contribution < 1.29 is 4.79 Å². The van der Waals surface area contributed by atoms with E-state index in [4.69, 9.17) is 13.2 Å². The normalized spacial score (nSPS) is 42.2. The van der Waals surface area contributed by atoms with E-state index in [1.165, 1.54) is 56.9 Å². The Morgan fingerprint density at radius 3 is 2.42 bits per heavy atom. The van der Waals surface area contributed by atoms with E-state index < -0.39 is 0 Å². The van der Waals surface area contributed by atoms with Crippen LogP contribution >= 0.6 is 0 Å². The zero-order valence-corrected chi connectivity index (χ0v) is 22.9. The predicted molar refractivity (Wildman–Crippen MR) is 142 cm³/mol. The fourth-order valence-corrected chi connectivity index (χ4v) is 8.83. The van der Waals surface area contributed by atoms with Gasteiger partial charge in [0.2, 0.25) is 0 Å². The van der Waals surface area contributed by atoms with E-state index >= 15 is 0 Å². The highest BCUT2D eigenvalue weighted by Gasteiger charge is 2.62. The van der Waals surface area contributed by atoms with Crippen LogP contribution in [0.5, 0.6) is 0 Å². The maximum absolute atomic E-state index is 11.5. The molecule has 0 bridgehead atoms. The lowest BCUT2D eigenvalue weighted by Crippen LogP contribution is -2.56. The first-order valence-electron chi connectivity index (χ1n) is 14.2. The molecule has 0 aromatic heterocycles. The molecule has 33 heavy (non-hydrogen) atoms. The fraction of sp³-hybridized carbons (Fsp3) is 0.839. The molecule has 8 atom stereocenters. The highest BCUT2D eigenvalue weighted by atomic mass is 16.1. The molecule has 2 heteroatoms.